The molecular formula is C20H26N2O3. The number of benzene rings is 1. The molecule has 3 atom stereocenters. The zero-order valence-electron chi connectivity index (χ0n) is 14.7. The Labute approximate surface area is 148 Å². The Morgan fingerprint density at radius 2 is 2.08 bits per heavy atom. The molecule has 2 aliphatic rings. The molecule has 5 heteroatoms. The van der Waals surface area contributed by atoms with Gasteiger partial charge in [-0.2, -0.15) is 0 Å². The molecule has 2 aromatic rings. The van der Waals surface area contributed by atoms with Crippen molar-refractivity contribution in [3.05, 3.63) is 41.7 Å². The molecule has 0 amide bonds. The van der Waals surface area contributed by atoms with Crippen LogP contribution in [-0.4, -0.2) is 47.1 Å². The maximum absolute atomic E-state index is 10.3. The molecule has 2 saturated heterocycles. The van der Waals surface area contributed by atoms with E-state index in [1.807, 2.05) is 6.07 Å². The fraction of sp³-hybridized carbons (Fsp3) is 0.550. The van der Waals surface area contributed by atoms with Crippen molar-refractivity contribution in [2.75, 3.05) is 19.8 Å². The summed E-state index contributed by atoms with van der Waals surface area (Å²) < 4.78 is 11.2. The van der Waals surface area contributed by atoms with Gasteiger partial charge in [-0.1, -0.05) is 35.0 Å². The van der Waals surface area contributed by atoms with Gasteiger partial charge in [0, 0.05) is 30.2 Å². The van der Waals surface area contributed by atoms with E-state index in [-0.39, 0.29) is 12.0 Å². The van der Waals surface area contributed by atoms with Crippen LogP contribution in [0.2, 0.25) is 0 Å². The number of rotatable bonds is 4. The summed E-state index contributed by atoms with van der Waals surface area (Å²) >= 11 is 0. The summed E-state index contributed by atoms with van der Waals surface area (Å²) in [5, 5.41) is 14.6. The Bertz CT molecular complexity index is 697. The second-order valence-corrected chi connectivity index (χ2v) is 7.32. The number of ether oxygens (including phenoxy) is 1. The Morgan fingerprint density at radius 1 is 1.24 bits per heavy atom. The zero-order valence-corrected chi connectivity index (χ0v) is 14.7. The first kappa shape index (κ1) is 16.8. The number of aliphatic hydroxyl groups is 1. The quantitative estimate of drug-likeness (QED) is 0.925. The smallest absolute Gasteiger partial charge is 0.151 e. The van der Waals surface area contributed by atoms with Crippen LogP contribution >= 0.6 is 0 Å². The molecule has 5 nitrogen and oxygen atoms in total. The highest BCUT2D eigenvalue weighted by atomic mass is 16.5. The molecule has 0 radical (unpaired) electrons. The molecule has 1 N–H and O–H groups in total. The SMILES string of the molecule is Cc1ccc(-c2cc(CN3CCCC3C3COCCC3O)on2)cc1. The number of nitrogens with zero attached hydrogens (tertiary/aromatic N) is 2. The summed E-state index contributed by atoms with van der Waals surface area (Å²) in [6.45, 7) is 5.19. The van der Waals surface area contributed by atoms with Gasteiger partial charge in [0.25, 0.3) is 0 Å². The highest BCUT2D eigenvalue weighted by Crippen LogP contribution is 2.31. The molecule has 0 spiro atoms. The highest BCUT2D eigenvalue weighted by molar-refractivity contribution is 5.59. The molecule has 1 aromatic heterocycles. The molecular weight excluding hydrogens is 316 g/mol. The lowest BCUT2D eigenvalue weighted by Crippen LogP contribution is -2.45. The molecule has 0 aliphatic carbocycles. The van der Waals surface area contributed by atoms with Crippen LogP contribution in [-0.2, 0) is 11.3 Å². The summed E-state index contributed by atoms with van der Waals surface area (Å²) in [5.74, 6) is 1.09. The number of hydrogen-bond donors (Lipinski definition) is 1. The van der Waals surface area contributed by atoms with Gasteiger partial charge in [-0.3, -0.25) is 4.90 Å². The standard InChI is InChI=1S/C20H26N2O3/c1-14-4-6-15(7-5-14)18-11-16(25-21-18)12-22-9-2-3-19(22)17-13-24-10-8-20(17)23/h4-7,11,17,19-20,23H,2-3,8-10,12-13H2,1H3. The summed E-state index contributed by atoms with van der Waals surface area (Å²) in [6.07, 6.45) is 2.77. The van der Waals surface area contributed by atoms with Gasteiger partial charge < -0.3 is 14.4 Å². The van der Waals surface area contributed by atoms with Crippen molar-refractivity contribution in [2.24, 2.45) is 5.92 Å². The van der Waals surface area contributed by atoms with E-state index in [9.17, 15) is 5.11 Å². The minimum absolute atomic E-state index is 0.204. The monoisotopic (exact) mass is 342 g/mol. The van der Waals surface area contributed by atoms with Gasteiger partial charge in [-0.25, -0.2) is 0 Å². The Kier molecular flexibility index (Phi) is 4.88. The number of aromatic nitrogens is 1. The lowest BCUT2D eigenvalue weighted by molar-refractivity contribution is -0.0642. The van der Waals surface area contributed by atoms with Crippen LogP contribution in [0.3, 0.4) is 0 Å². The number of likely N-dealkylation sites (tertiary alicyclic amines) is 1. The van der Waals surface area contributed by atoms with E-state index in [0.29, 0.717) is 19.3 Å². The van der Waals surface area contributed by atoms with Crippen LogP contribution in [0.1, 0.15) is 30.6 Å². The number of aryl methyl sites for hydroxylation is 1. The average molecular weight is 342 g/mol. The van der Waals surface area contributed by atoms with Crippen molar-refractivity contribution in [3.8, 4) is 11.3 Å². The minimum Gasteiger partial charge on any atom is -0.393 e. The third-order valence-electron chi connectivity index (χ3n) is 5.54. The molecule has 0 bridgehead atoms. The van der Waals surface area contributed by atoms with Crippen molar-refractivity contribution in [1.82, 2.24) is 10.1 Å². The van der Waals surface area contributed by atoms with E-state index in [0.717, 1.165) is 49.4 Å². The van der Waals surface area contributed by atoms with Gasteiger partial charge in [0.15, 0.2) is 5.76 Å². The number of hydrogen-bond acceptors (Lipinski definition) is 5. The van der Waals surface area contributed by atoms with E-state index >= 15 is 0 Å². The summed E-state index contributed by atoms with van der Waals surface area (Å²) in [4.78, 5) is 2.42. The van der Waals surface area contributed by atoms with Crippen LogP contribution in [0.25, 0.3) is 11.3 Å². The first-order valence-electron chi connectivity index (χ1n) is 9.23. The molecule has 1 aromatic carbocycles. The van der Waals surface area contributed by atoms with Crippen molar-refractivity contribution in [3.63, 3.8) is 0 Å². The molecule has 134 valence electrons. The topological polar surface area (TPSA) is 58.7 Å². The van der Waals surface area contributed by atoms with E-state index in [1.165, 1.54) is 5.56 Å². The Morgan fingerprint density at radius 3 is 2.88 bits per heavy atom. The van der Waals surface area contributed by atoms with Gasteiger partial charge >= 0.3 is 0 Å². The van der Waals surface area contributed by atoms with Crippen molar-refractivity contribution in [2.45, 2.75) is 44.9 Å². The molecule has 3 unspecified atom stereocenters. The highest BCUT2D eigenvalue weighted by Gasteiger charge is 2.37. The fourth-order valence-electron chi connectivity index (χ4n) is 4.10. The van der Waals surface area contributed by atoms with E-state index < -0.39 is 0 Å². The molecule has 0 saturated carbocycles. The third-order valence-corrected chi connectivity index (χ3v) is 5.54. The van der Waals surface area contributed by atoms with E-state index in [2.05, 4.69) is 41.2 Å². The first-order valence-corrected chi connectivity index (χ1v) is 9.23. The van der Waals surface area contributed by atoms with Crippen LogP contribution < -0.4 is 0 Å². The van der Waals surface area contributed by atoms with Gasteiger partial charge in [0.2, 0.25) is 0 Å². The predicted octanol–water partition coefficient (Wildman–Crippen LogP) is 3.01. The second kappa shape index (κ2) is 7.28. The van der Waals surface area contributed by atoms with Crippen LogP contribution in [0.4, 0.5) is 0 Å². The molecule has 25 heavy (non-hydrogen) atoms. The maximum atomic E-state index is 10.3. The third kappa shape index (κ3) is 3.64. The number of aliphatic hydroxyl groups excluding tert-OH is 1. The average Bonchev–Trinajstić information content (AvgIpc) is 3.26. The van der Waals surface area contributed by atoms with Crippen molar-refractivity contribution in [1.29, 1.82) is 0 Å². The molecule has 3 heterocycles. The normalized spacial score (nSPS) is 27.7. The lowest BCUT2D eigenvalue weighted by Gasteiger charge is -2.36. The van der Waals surface area contributed by atoms with Gasteiger partial charge in [-0.15, -0.1) is 0 Å². The summed E-state index contributed by atoms with van der Waals surface area (Å²) in [5.41, 5.74) is 3.20. The maximum Gasteiger partial charge on any atom is 0.151 e. The van der Waals surface area contributed by atoms with Crippen molar-refractivity contribution < 1.29 is 14.4 Å². The van der Waals surface area contributed by atoms with Crippen LogP contribution in [0.15, 0.2) is 34.9 Å². The zero-order chi connectivity index (χ0) is 17.2. The summed E-state index contributed by atoms with van der Waals surface area (Å²) in [7, 11) is 0. The van der Waals surface area contributed by atoms with Gasteiger partial charge in [0.1, 0.15) is 5.69 Å². The molecule has 2 aliphatic heterocycles. The minimum atomic E-state index is -0.253. The van der Waals surface area contributed by atoms with Gasteiger partial charge in [-0.05, 0) is 32.7 Å². The molecule has 4 rings (SSSR count). The summed E-state index contributed by atoms with van der Waals surface area (Å²) in [6, 6.07) is 10.7. The molecule has 2 fully saturated rings. The lowest BCUT2D eigenvalue weighted by atomic mass is 9.89. The predicted molar refractivity (Wildman–Crippen MR) is 95.0 cm³/mol. The second-order valence-electron chi connectivity index (χ2n) is 7.32. The first-order chi connectivity index (χ1) is 12.2. The fourth-order valence-corrected chi connectivity index (χ4v) is 4.10. The Balaban J connectivity index is 1.45. The largest absolute Gasteiger partial charge is 0.393 e. The van der Waals surface area contributed by atoms with E-state index in [4.69, 9.17) is 9.26 Å². The van der Waals surface area contributed by atoms with Crippen molar-refractivity contribution >= 4 is 0 Å². The van der Waals surface area contributed by atoms with Crippen LogP contribution in [0, 0.1) is 12.8 Å². The van der Waals surface area contributed by atoms with Gasteiger partial charge in [0.05, 0.1) is 19.3 Å². The van der Waals surface area contributed by atoms with Crippen LogP contribution in [0.5, 0.6) is 0 Å². The Hall–Kier alpha value is -1.69. The van der Waals surface area contributed by atoms with E-state index in [1.54, 1.807) is 0 Å².